The number of aryl methyl sites for hydroxylation is 2. The summed E-state index contributed by atoms with van der Waals surface area (Å²) in [6.45, 7) is 4.19. The first-order valence-corrected chi connectivity index (χ1v) is 9.88. The van der Waals surface area contributed by atoms with Gasteiger partial charge >= 0.3 is 0 Å². The monoisotopic (exact) mass is 411 g/mol. The standard InChI is InChI=1S/C21H22ClN5O2/c1-13-16(14(2)26(3)25-13)10-11-20(28)27(15-8-9-15)12-19-23-24-21(29-19)17-6-4-5-7-18(17)22/h4-7,10-11,15H,8-9,12H2,1-3H3/b11-10+. The lowest BCUT2D eigenvalue weighted by Crippen LogP contribution is -2.31. The van der Waals surface area contributed by atoms with Crippen molar-refractivity contribution in [2.45, 2.75) is 39.3 Å². The predicted octanol–water partition coefficient (Wildman–Crippen LogP) is 3.94. The van der Waals surface area contributed by atoms with E-state index in [-0.39, 0.29) is 18.5 Å². The number of rotatable bonds is 6. The third-order valence-corrected chi connectivity index (χ3v) is 5.43. The van der Waals surface area contributed by atoms with Gasteiger partial charge in [0, 0.05) is 30.4 Å². The van der Waals surface area contributed by atoms with Crippen molar-refractivity contribution in [3.63, 3.8) is 0 Å². The lowest BCUT2D eigenvalue weighted by molar-refractivity contribution is -0.127. The molecule has 29 heavy (non-hydrogen) atoms. The van der Waals surface area contributed by atoms with Gasteiger partial charge in [-0.15, -0.1) is 10.2 Å². The average molecular weight is 412 g/mol. The third-order valence-electron chi connectivity index (χ3n) is 5.11. The molecule has 0 atom stereocenters. The molecule has 0 aliphatic heterocycles. The maximum absolute atomic E-state index is 12.9. The van der Waals surface area contributed by atoms with Crippen LogP contribution in [0.4, 0.5) is 0 Å². The molecule has 1 aliphatic rings. The first-order chi connectivity index (χ1) is 13.9. The van der Waals surface area contributed by atoms with E-state index in [1.165, 1.54) is 0 Å². The summed E-state index contributed by atoms with van der Waals surface area (Å²) in [5.74, 6) is 0.668. The Labute approximate surface area is 174 Å². The molecule has 1 aliphatic carbocycles. The van der Waals surface area contributed by atoms with Crippen LogP contribution >= 0.6 is 11.6 Å². The summed E-state index contributed by atoms with van der Waals surface area (Å²) in [5.41, 5.74) is 3.56. The Balaban J connectivity index is 1.51. The highest BCUT2D eigenvalue weighted by atomic mass is 35.5. The minimum atomic E-state index is -0.0763. The van der Waals surface area contributed by atoms with Crippen LogP contribution in [0.15, 0.2) is 34.8 Å². The Morgan fingerprint density at radius 3 is 2.72 bits per heavy atom. The van der Waals surface area contributed by atoms with Crippen LogP contribution in [0, 0.1) is 13.8 Å². The molecule has 7 nitrogen and oxygen atoms in total. The van der Waals surface area contributed by atoms with E-state index in [1.807, 2.05) is 49.9 Å². The molecule has 3 aromatic rings. The Hall–Kier alpha value is -2.93. The molecule has 0 spiro atoms. The van der Waals surface area contributed by atoms with Gasteiger partial charge in [0.2, 0.25) is 17.7 Å². The van der Waals surface area contributed by atoms with Gasteiger partial charge < -0.3 is 9.32 Å². The van der Waals surface area contributed by atoms with Crippen molar-refractivity contribution in [2.24, 2.45) is 7.05 Å². The van der Waals surface area contributed by atoms with E-state index in [2.05, 4.69) is 15.3 Å². The smallest absolute Gasteiger partial charge is 0.249 e. The molecule has 2 heterocycles. The maximum atomic E-state index is 12.9. The lowest BCUT2D eigenvalue weighted by Gasteiger charge is -2.18. The third kappa shape index (κ3) is 4.10. The van der Waals surface area contributed by atoms with E-state index >= 15 is 0 Å². The van der Waals surface area contributed by atoms with Crippen LogP contribution in [0.5, 0.6) is 0 Å². The van der Waals surface area contributed by atoms with Crippen LogP contribution in [0.25, 0.3) is 17.5 Å². The summed E-state index contributed by atoms with van der Waals surface area (Å²) in [6.07, 6.45) is 5.39. The van der Waals surface area contributed by atoms with E-state index in [9.17, 15) is 4.79 Å². The van der Waals surface area contributed by atoms with Crippen molar-refractivity contribution >= 4 is 23.6 Å². The van der Waals surface area contributed by atoms with Crippen LogP contribution < -0.4 is 0 Å². The number of halogens is 1. The highest BCUT2D eigenvalue weighted by Crippen LogP contribution is 2.30. The van der Waals surface area contributed by atoms with Crippen LogP contribution in [-0.2, 0) is 18.4 Å². The first-order valence-electron chi connectivity index (χ1n) is 9.50. The molecule has 0 saturated heterocycles. The van der Waals surface area contributed by atoms with Crippen LogP contribution in [-0.4, -0.2) is 36.8 Å². The molecule has 4 rings (SSSR count). The van der Waals surface area contributed by atoms with Crippen molar-refractivity contribution in [3.05, 3.63) is 58.2 Å². The highest BCUT2D eigenvalue weighted by molar-refractivity contribution is 6.33. The van der Waals surface area contributed by atoms with Gasteiger partial charge in [-0.05, 0) is 44.9 Å². The molecule has 0 unspecified atom stereocenters. The molecule has 1 aromatic carbocycles. The number of hydrogen-bond acceptors (Lipinski definition) is 5. The fourth-order valence-corrected chi connectivity index (χ4v) is 3.48. The zero-order valence-corrected chi connectivity index (χ0v) is 17.3. The molecular weight excluding hydrogens is 390 g/mol. The number of hydrogen-bond donors (Lipinski definition) is 0. The van der Waals surface area contributed by atoms with Gasteiger partial charge in [0.1, 0.15) is 0 Å². The van der Waals surface area contributed by atoms with Crippen molar-refractivity contribution in [1.29, 1.82) is 0 Å². The zero-order valence-electron chi connectivity index (χ0n) is 16.6. The lowest BCUT2D eigenvalue weighted by atomic mass is 10.2. The van der Waals surface area contributed by atoms with E-state index in [1.54, 1.807) is 17.0 Å². The van der Waals surface area contributed by atoms with Crippen molar-refractivity contribution in [2.75, 3.05) is 0 Å². The summed E-state index contributed by atoms with van der Waals surface area (Å²) in [6, 6.07) is 7.50. The van der Waals surface area contributed by atoms with Crippen molar-refractivity contribution < 1.29 is 9.21 Å². The fraction of sp³-hybridized carbons (Fsp3) is 0.333. The van der Waals surface area contributed by atoms with Gasteiger partial charge in [-0.3, -0.25) is 9.48 Å². The number of carbonyl (C=O) groups excluding carboxylic acids is 1. The molecular formula is C21H22ClN5O2. The molecule has 8 heteroatoms. The van der Waals surface area contributed by atoms with Gasteiger partial charge in [0.25, 0.3) is 0 Å². The normalized spacial score (nSPS) is 13.9. The number of amides is 1. The maximum Gasteiger partial charge on any atom is 0.249 e. The Kier molecular flexibility index (Phi) is 5.24. The number of carbonyl (C=O) groups is 1. The van der Waals surface area contributed by atoms with E-state index in [0.717, 1.165) is 29.8 Å². The highest BCUT2D eigenvalue weighted by Gasteiger charge is 2.33. The molecule has 150 valence electrons. The summed E-state index contributed by atoms with van der Waals surface area (Å²) >= 11 is 6.20. The second-order valence-corrected chi connectivity index (χ2v) is 7.63. The second kappa shape index (κ2) is 7.83. The Morgan fingerprint density at radius 2 is 2.07 bits per heavy atom. The number of benzene rings is 1. The van der Waals surface area contributed by atoms with Crippen molar-refractivity contribution in [1.82, 2.24) is 24.9 Å². The molecule has 1 fully saturated rings. The Morgan fingerprint density at radius 1 is 1.31 bits per heavy atom. The van der Waals surface area contributed by atoms with Gasteiger partial charge in [-0.25, -0.2) is 0 Å². The number of nitrogens with zero attached hydrogens (tertiary/aromatic N) is 5. The quantitative estimate of drug-likeness (QED) is 0.574. The second-order valence-electron chi connectivity index (χ2n) is 7.22. The van der Waals surface area contributed by atoms with Crippen molar-refractivity contribution in [3.8, 4) is 11.5 Å². The molecule has 0 N–H and O–H groups in total. The van der Waals surface area contributed by atoms with E-state index in [4.69, 9.17) is 16.0 Å². The number of aromatic nitrogens is 4. The Bertz CT molecular complexity index is 1080. The molecule has 1 saturated carbocycles. The van der Waals surface area contributed by atoms with Crippen LogP contribution in [0.3, 0.4) is 0 Å². The fourth-order valence-electron chi connectivity index (χ4n) is 3.26. The van der Waals surface area contributed by atoms with Gasteiger partial charge in [0.05, 0.1) is 22.8 Å². The van der Waals surface area contributed by atoms with Gasteiger partial charge in [-0.1, -0.05) is 23.7 Å². The average Bonchev–Trinajstić information content (AvgIpc) is 3.38. The van der Waals surface area contributed by atoms with Crippen LogP contribution in [0.2, 0.25) is 5.02 Å². The van der Waals surface area contributed by atoms with Gasteiger partial charge in [0.15, 0.2) is 0 Å². The summed E-state index contributed by atoms with van der Waals surface area (Å²) in [4.78, 5) is 14.6. The molecule has 2 aromatic heterocycles. The molecule has 0 radical (unpaired) electrons. The molecule has 0 bridgehead atoms. The van der Waals surface area contributed by atoms with E-state index < -0.39 is 0 Å². The minimum Gasteiger partial charge on any atom is -0.419 e. The minimum absolute atomic E-state index is 0.0763. The topological polar surface area (TPSA) is 77.1 Å². The largest absolute Gasteiger partial charge is 0.419 e. The SMILES string of the molecule is Cc1nn(C)c(C)c1/C=C/C(=O)N(Cc1nnc(-c2ccccc2Cl)o1)C1CC1. The predicted molar refractivity (Wildman–Crippen MR) is 110 cm³/mol. The summed E-state index contributed by atoms with van der Waals surface area (Å²) in [5, 5.41) is 13.1. The van der Waals surface area contributed by atoms with Crippen LogP contribution in [0.1, 0.15) is 35.7 Å². The molecule has 1 amide bonds. The first kappa shape index (κ1) is 19.4. The van der Waals surface area contributed by atoms with E-state index in [0.29, 0.717) is 22.4 Å². The summed E-state index contributed by atoms with van der Waals surface area (Å²) < 4.78 is 7.59. The summed E-state index contributed by atoms with van der Waals surface area (Å²) in [7, 11) is 1.89. The zero-order chi connectivity index (χ0) is 20.5. The van der Waals surface area contributed by atoms with Gasteiger partial charge in [-0.2, -0.15) is 5.10 Å².